The van der Waals surface area contributed by atoms with E-state index in [1.54, 1.807) is 6.92 Å². The third kappa shape index (κ3) is 2.31. The van der Waals surface area contributed by atoms with Crippen LogP contribution in [0.5, 0.6) is 0 Å². The van der Waals surface area contributed by atoms with Gasteiger partial charge >= 0.3 is 0 Å². The highest BCUT2D eigenvalue weighted by Gasteiger charge is 2.15. The van der Waals surface area contributed by atoms with Crippen LogP contribution in [0.3, 0.4) is 0 Å². The lowest BCUT2D eigenvalue weighted by Gasteiger charge is -2.05. The summed E-state index contributed by atoms with van der Waals surface area (Å²) in [5.41, 5.74) is 1.09. The topological polar surface area (TPSA) is 59.8 Å². The molecule has 78 valence electrons. The Morgan fingerprint density at radius 2 is 2.14 bits per heavy atom. The number of hydrogen-bond donors (Lipinski definition) is 1. The summed E-state index contributed by atoms with van der Waals surface area (Å²) in [6.45, 7) is 8.22. The van der Waals surface area contributed by atoms with E-state index in [0.29, 0.717) is 17.9 Å². The van der Waals surface area contributed by atoms with E-state index in [-0.39, 0.29) is 11.9 Å². The lowest BCUT2D eigenvalue weighted by molar-refractivity contribution is 0.0936. The van der Waals surface area contributed by atoms with Crippen molar-refractivity contribution >= 4 is 5.91 Å². The van der Waals surface area contributed by atoms with E-state index in [1.165, 1.54) is 4.80 Å². The van der Waals surface area contributed by atoms with Gasteiger partial charge in [0.1, 0.15) is 0 Å². The molecular weight excluding hydrogens is 180 g/mol. The van der Waals surface area contributed by atoms with Gasteiger partial charge in [0.15, 0.2) is 5.69 Å². The van der Waals surface area contributed by atoms with Gasteiger partial charge in [0.25, 0.3) is 5.91 Å². The van der Waals surface area contributed by atoms with Crippen molar-refractivity contribution in [2.75, 3.05) is 0 Å². The Hall–Kier alpha value is -1.39. The molecule has 0 atom stereocenters. The molecular formula is C9H16N4O. The molecule has 0 saturated carbocycles. The summed E-state index contributed by atoms with van der Waals surface area (Å²) in [4.78, 5) is 13.1. The smallest absolute Gasteiger partial charge is 0.273 e. The third-order valence-electron chi connectivity index (χ3n) is 1.74. The Balaban J connectivity index is 2.84. The van der Waals surface area contributed by atoms with Crippen molar-refractivity contribution < 1.29 is 4.79 Å². The van der Waals surface area contributed by atoms with Crippen molar-refractivity contribution in [3.63, 3.8) is 0 Å². The minimum Gasteiger partial charge on any atom is -0.348 e. The molecule has 0 aliphatic carbocycles. The van der Waals surface area contributed by atoms with Crippen LogP contribution >= 0.6 is 0 Å². The van der Waals surface area contributed by atoms with E-state index in [2.05, 4.69) is 15.5 Å². The summed E-state index contributed by atoms with van der Waals surface area (Å²) in [7, 11) is 0. The van der Waals surface area contributed by atoms with Crippen LogP contribution in [0.15, 0.2) is 0 Å². The van der Waals surface area contributed by atoms with E-state index in [4.69, 9.17) is 0 Å². The molecule has 1 N–H and O–H groups in total. The van der Waals surface area contributed by atoms with E-state index in [0.717, 1.165) is 0 Å². The molecule has 1 rings (SSSR count). The maximum absolute atomic E-state index is 11.6. The van der Waals surface area contributed by atoms with Gasteiger partial charge in [-0.3, -0.25) is 4.79 Å². The van der Waals surface area contributed by atoms with Gasteiger partial charge < -0.3 is 5.32 Å². The van der Waals surface area contributed by atoms with Crippen LogP contribution in [-0.4, -0.2) is 26.9 Å². The summed E-state index contributed by atoms with van der Waals surface area (Å²) in [6, 6.07) is 0.119. The SMILES string of the molecule is CCn1nc(C)c(C(=O)NC(C)C)n1. The van der Waals surface area contributed by atoms with Gasteiger partial charge in [0, 0.05) is 6.04 Å². The molecule has 1 heterocycles. The molecule has 0 bridgehead atoms. The van der Waals surface area contributed by atoms with Gasteiger partial charge in [-0.15, -0.1) is 5.10 Å². The molecule has 0 aliphatic rings. The average molecular weight is 196 g/mol. The number of aryl methyl sites for hydroxylation is 2. The molecule has 0 spiro atoms. The van der Waals surface area contributed by atoms with Gasteiger partial charge in [-0.05, 0) is 27.7 Å². The zero-order valence-corrected chi connectivity index (χ0v) is 9.03. The van der Waals surface area contributed by atoms with Crippen molar-refractivity contribution in [1.29, 1.82) is 0 Å². The maximum Gasteiger partial charge on any atom is 0.273 e. The second-order valence-electron chi connectivity index (χ2n) is 3.45. The number of rotatable bonds is 3. The molecule has 0 aliphatic heterocycles. The highest BCUT2D eigenvalue weighted by Crippen LogP contribution is 2.01. The van der Waals surface area contributed by atoms with Crippen LogP contribution in [0.1, 0.15) is 37.0 Å². The Labute approximate surface area is 83.5 Å². The number of carbonyl (C=O) groups excluding carboxylic acids is 1. The van der Waals surface area contributed by atoms with Crippen molar-refractivity contribution in [3.05, 3.63) is 11.4 Å². The summed E-state index contributed by atoms with van der Waals surface area (Å²) < 4.78 is 0. The van der Waals surface area contributed by atoms with Crippen molar-refractivity contribution in [1.82, 2.24) is 20.3 Å². The molecule has 0 unspecified atom stereocenters. The van der Waals surface area contributed by atoms with Gasteiger partial charge in [-0.25, -0.2) is 0 Å². The fraction of sp³-hybridized carbons (Fsp3) is 0.667. The largest absolute Gasteiger partial charge is 0.348 e. The zero-order valence-electron chi connectivity index (χ0n) is 9.03. The van der Waals surface area contributed by atoms with Crippen LogP contribution in [0.4, 0.5) is 0 Å². The predicted octanol–water partition coefficient (Wildman–Crippen LogP) is 0.745. The molecule has 1 aromatic heterocycles. The summed E-state index contributed by atoms with van der Waals surface area (Å²) in [5.74, 6) is -0.155. The number of nitrogens with one attached hydrogen (secondary N) is 1. The lowest BCUT2D eigenvalue weighted by atomic mass is 10.3. The summed E-state index contributed by atoms with van der Waals surface area (Å²) >= 11 is 0. The lowest BCUT2D eigenvalue weighted by Crippen LogP contribution is -2.31. The highest BCUT2D eigenvalue weighted by molar-refractivity contribution is 5.93. The molecule has 5 nitrogen and oxygen atoms in total. The van der Waals surface area contributed by atoms with Crippen LogP contribution in [0.2, 0.25) is 0 Å². The van der Waals surface area contributed by atoms with E-state index in [1.807, 2.05) is 20.8 Å². The first kappa shape index (κ1) is 10.7. The summed E-state index contributed by atoms with van der Waals surface area (Å²) in [6.07, 6.45) is 0. The Morgan fingerprint density at radius 1 is 1.50 bits per heavy atom. The average Bonchev–Trinajstić information content (AvgIpc) is 2.45. The van der Waals surface area contributed by atoms with Crippen molar-refractivity contribution in [3.8, 4) is 0 Å². The first-order valence-electron chi connectivity index (χ1n) is 4.77. The third-order valence-corrected chi connectivity index (χ3v) is 1.74. The van der Waals surface area contributed by atoms with Crippen LogP contribution < -0.4 is 5.32 Å². The monoisotopic (exact) mass is 196 g/mol. The molecule has 0 aromatic carbocycles. The molecule has 0 radical (unpaired) electrons. The predicted molar refractivity (Wildman–Crippen MR) is 53.0 cm³/mol. The van der Waals surface area contributed by atoms with E-state index >= 15 is 0 Å². The number of amides is 1. The molecule has 0 fully saturated rings. The van der Waals surface area contributed by atoms with Gasteiger partial charge in [0.2, 0.25) is 0 Å². The van der Waals surface area contributed by atoms with Gasteiger partial charge in [-0.1, -0.05) is 0 Å². The number of hydrogen-bond acceptors (Lipinski definition) is 3. The molecule has 1 aromatic rings. The van der Waals surface area contributed by atoms with Crippen molar-refractivity contribution in [2.24, 2.45) is 0 Å². The van der Waals surface area contributed by atoms with Crippen LogP contribution in [-0.2, 0) is 6.54 Å². The quantitative estimate of drug-likeness (QED) is 0.775. The first-order chi connectivity index (χ1) is 6.54. The van der Waals surface area contributed by atoms with Crippen LogP contribution in [0, 0.1) is 6.92 Å². The van der Waals surface area contributed by atoms with Crippen LogP contribution in [0.25, 0.3) is 0 Å². The van der Waals surface area contributed by atoms with Gasteiger partial charge in [-0.2, -0.15) is 9.90 Å². The standard InChI is InChI=1S/C9H16N4O/c1-5-13-11-7(4)8(12-13)9(14)10-6(2)3/h6H,5H2,1-4H3,(H,10,14). The van der Waals surface area contributed by atoms with E-state index < -0.39 is 0 Å². The second-order valence-corrected chi connectivity index (χ2v) is 3.45. The van der Waals surface area contributed by atoms with Gasteiger partial charge in [0.05, 0.1) is 12.2 Å². The fourth-order valence-electron chi connectivity index (χ4n) is 1.11. The van der Waals surface area contributed by atoms with Crippen molar-refractivity contribution in [2.45, 2.75) is 40.3 Å². The Bertz CT molecular complexity index is 330. The fourth-order valence-corrected chi connectivity index (χ4v) is 1.11. The molecule has 0 saturated heterocycles. The molecule has 14 heavy (non-hydrogen) atoms. The number of aromatic nitrogens is 3. The maximum atomic E-state index is 11.6. The Kier molecular flexibility index (Phi) is 3.22. The minimum atomic E-state index is -0.155. The molecule has 1 amide bonds. The Morgan fingerprint density at radius 3 is 2.57 bits per heavy atom. The highest BCUT2D eigenvalue weighted by atomic mass is 16.2. The number of nitrogens with zero attached hydrogens (tertiary/aromatic N) is 3. The molecule has 5 heteroatoms. The zero-order chi connectivity index (χ0) is 10.7. The first-order valence-corrected chi connectivity index (χ1v) is 4.77. The second kappa shape index (κ2) is 4.21. The normalized spacial score (nSPS) is 10.6. The number of carbonyl (C=O) groups is 1. The van der Waals surface area contributed by atoms with E-state index in [9.17, 15) is 4.79 Å². The summed E-state index contributed by atoms with van der Waals surface area (Å²) in [5, 5.41) is 11.0. The minimum absolute atomic E-state index is 0.119.